The van der Waals surface area contributed by atoms with Crippen molar-refractivity contribution in [3.05, 3.63) is 25.3 Å². The predicted octanol–water partition coefficient (Wildman–Crippen LogP) is 1.57. The number of carbonyl (C=O) groups excluding carboxylic acids is 3. The van der Waals surface area contributed by atoms with Gasteiger partial charge in [-0.15, -0.1) is 0 Å². The van der Waals surface area contributed by atoms with Crippen molar-refractivity contribution >= 4 is 30.7 Å². The number of nitrogens with zero attached hydrogens (tertiary/aromatic N) is 2. The van der Waals surface area contributed by atoms with Crippen molar-refractivity contribution in [2.24, 2.45) is 11.7 Å². The van der Waals surface area contributed by atoms with Crippen molar-refractivity contribution in [2.45, 2.75) is 36.6 Å². The second kappa shape index (κ2) is 9.68. The molecule has 2 fully saturated rings. The molecule has 2 aliphatic heterocycles. The van der Waals surface area contributed by atoms with E-state index in [1.165, 1.54) is 17.1 Å². The molecule has 2 N–H and O–H groups in total. The van der Waals surface area contributed by atoms with E-state index in [-0.39, 0.29) is 30.4 Å². The SMILES string of the molecule is C=CCOC(=O)N1CC(S)CC1CC1C[C@@H](C(N)=O)N(C(=O)OCC=C)C1. The van der Waals surface area contributed by atoms with Crippen LogP contribution in [0.25, 0.3) is 0 Å². The van der Waals surface area contributed by atoms with Crippen LogP contribution < -0.4 is 5.73 Å². The third-order valence-electron chi connectivity index (χ3n) is 4.83. The number of likely N-dealkylation sites (tertiary alicyclic amines) is 2. The molecule has 2 heterocycles. The standard InChI is InChI=1S/C18H27N3O5S/c1-3-5-25-17(23)20-11-14(27)9-13(20)7-12-8-15(16(19)22)21(10-12)18(24)26-6-4-2/h3-4,12-15,27H,1-2,5-11H2,(H2,19,22)/t12?,13?,14?,15-/m0/s1. The van der Waals surface area contributed by atoms with Gasteiger partial charge in [-0.25, -0.2) is 9.59 Å². The van der Waals surface area contributed by atoms with Crippen LogP contribution in [0, 0.1) is 5.92 Å². The van der Waals surface area contributed by atoms with Gasteiger partial charge in [-0.2, -0.15) is 12.6 Å². The molecule has 0 radical (unpaired) electrons. The number of carbonyl (C=O) groups is 3. The van der Waals surface area contributed by atoms with Gasteiger partial charge in [-0.05, 0) is 25.2 Å². The highest BCUT2D eigenvalue weighted by atomic mass is 32.1. The van der Waals surface area contributed by atoms with E-state index in [9.17, 15) is 14.4 Å². The van der Waals surface area contributed by atoms with Crippen molar-refractivity contribution in [1.29, 1.82) is 0 Å². The van der Waals surface area contributed by atoms with Crippen LogP contribution in [0.1, 0.15) is 19.3 Å². The van der Waals surface area contributed by atoms with Gasteiger partial charge in [0, 0.05) is 24.4 Å². The first kappa shape index (κ1) is 21.1. The maximum atomic E-state index is 12.3. The van der Waals surface area contributed by atoms with Gasteiger partial charge in [0.05, 0.1) is 0 Å². The highest BCUT2D eigenvalue weighted by Crippen LogP contribution is 2.33. The van der Waals surface area contributed by atoms with Crippen LogP contribution in [0.2, 0.25) is 0 Å². The monoisotopic (exact) mass is 397 g/mol. The molecular formula is C18H27N3O5S. The lowest BCUT2D eigenvalue weighted by Crippen LogP contribution is -2.44. The molecular weight excluding hydrogens is 370 g/mol. The second-order valence-electron chi connectivity index (χ2n) is 6.83. The summed E-state index contributed by atoms with van der Waals surface area (Å²) < 4.78 is 10.2. The molecule has 0 aliphatic carbocycles. The van der Waals surface area contributed by atoms with Crippen molar-refractivity contribution < 1.29 is 23.9 Å². The number of hydrogen-bond donors (Lipinski definition) is 2. The highest BCUT2D eigenvalue weighted by Gasteiger charge is 2.43. The lowest BCUT2D eigenvalue weighted by molar-refractivity contribution is -0.121. The Labute approximate surface area is 164 Å². The maximum Gasteiger partial charge on any atom is 0.410 e. The summed E-state index contributed by atoms with van der Waals surface area (Å²) in [7, 11) is 0. The summed E-state index contributed by atoms with van der Waals surface area (Å²) in [5.41, 5.74) is 5.46. The Morgan fingerprint density at radius 2 is 1.63 bits per heavy atom. The molecule has 0 saturated carbocycles. The summed E-state index contributed by atoms with van der Waals surface area (Å²) in [5, 5.41) is 0.0632. The fraction of sp³-hybridized carbons (Fsp3) is 0.611. The zero-order valence-electron chi connectivity index (χ0n) is 15.3. The maximum absolute atomic E-state index is 12.3. The average molecular weight is 397 g/mol. The van der Waals surface area contributed by atoms with E-state index in [2.05, 4.69) is 25.8 Å². The number of thiol groups is 1. The van der Waals surface area contributed by atoms with Gasteiger partial charge in [-0.1, -0.05) is 25.3 Å². The van der Waals surface area contributed by atoms with Gasteiger partial charge in [0.1, 0.15) is 19.3 Å². The molecule has 0 aromatic carbocycles. The van der Waals surface area contributed by atoms with Crippen LogP contribution in [0.15, 0.2) is 25.3 Å². The highest BCUT2D eigenvalue weighted by molar-refractivity contribution is 7.81. The Kier molecular flexibility index (Phi) is 7.58. The molecule has 0 aromatic rings. The molecule has 0 aromatic heterocycles. The first-order valence-corrected chi connectivity index (χ1v) is 9.44. The fourth-order valence-corrected chi connectivity index (χ4v) is 4.13. The van der Waals surface area contributed by atoms with Gasteiger partial charge in [0.25, 0.3) is 0 Å². The number of amides is 3. The topological polar surface area (TPSA) is 102 Å². The molecule has 3 unspecified atom stereocenters. The van der Waals surface area contributed by atoms with E-state index in [1.54, 1.807) is 4.90 Å². The van der Waals surface area contributed by atoms with Crippen LogP contribution in [-0.2, 0) is 14.3 Å². The van der Waals surface area contributed by atoms with Crippen molar-refractivity contribution in [2.75, 3.05) is 26.3 Å². The Hall–Kier alpha value is -2.16. The van der Waals surface area contributed by atoms with E-state index in [1.807, 2.05) is 0 Å². The molecule has 0 spiro atoms. The normalized spacial score (nSPS) is 27.3. The van der Waals surface area contributed by atoms with Crippen LogP contribution >= 0.6 is 12.6 Å². The number of ether oxygens (including phenoxy) is 2. The van der Waals surface area contributed by atoms with Gasteiger partial charge in [-0.3, -0.25) is 9.69 Å². The molecule has 9 heteroatoms. The Morgan fingerprint density at radius 3 is 2.19 bits per heavy atom. The van der Waals surface area contributed by atoms with Crippen molar-refractivity contribution in [1.82, 2.24) is 9.80 Å². The predicted molar refractivity (Wildman–Crippen MR) is 103 cm³/mol. The van der Waals surface area contributed by atoms with Crippen LogP contribution in [0.5, 0.6) is 0 Å². The minimum Gasteiger partial charge on any atom is -0.445 e. The summed E-state index contributed by atoms with van der Waals surface area (Å²) in [4.78, 5) is 39.2. The fourth-order valence-electron chi connectivity index (χ4n) is 3.72. The summed E-state index contributed by atoms with van der Waals surface area (Å²) in [6.07, 6.45) is 3.80. The quantitative estimate of drug-likeness (QED) is 0.501. The van der Waals surface area contributed by atoms with E-state index >= 15 is 0 Å². The molecule has 0 bridgehead atoms. The number of nitrogens with two attached hydrogens (primary N) is 1. The first-order chi connectivity index (χ1) is 12.9. The number of primary amides is 1. The minimum absolute atomic E-state index is 0.0251. The molecule has 3 amide bonds. The third kappa shape index (κ3) is 5.41. The zero-order chi connectivity index (χ0) is 20.0. The third-order valence-corrected chi connectivity index (χ3v) is 5.21. The van der Waals surface area contributed by atoms with Crippen LogP contribution in [0.4, 0.5) is 9.59 Å². The molecule has 2 saturated heterocycles. The number of rotatable bonds is 7. The Bertz CT molecular complexity index is 600. The summed E-state index contributed by atoms with van der Waals surface area (Å²) >= 11 is 4.49. The molecule has 27 heavy (non-hydrogen) atoms. The number of hydrogen-bond acceptors (Lipinski definition) is 6. The van der Waals surface area contributed by atoms with Gasteiger partial charge in [0.15, 0.2) is 0 Å². The van der Waals surface area contributed by atoms with E-state index < -0.39 is 24.1 Å². The zero-order valence-corrected chi connectivity index (χ0v) is 16.2. The van der Waals surface area contributed by atoms with Gasteiger partial charge < -0.3 is 20.1 Å². The van der Waals surface area contributed by atoms with Gasteiger partial charge >= 0.3 is 12.2 Å². The Morgan fingerprint density at radius 1 is 1.04 bits per heavy atom. The van der Waals surface area contributed by atoms with E-state index in [0.717, 1.165) is 6.42 Å². The molecule has 4 atom stereocenters. The summed E-state index contributed by atoms with van der Waals surface area (Å²) in [5.74, 6) is -0.536. The first-order valence-electron chi connectivity index (χ1n) is 8.93. The second-order valence-corrected chi connectivity index (χ2v) is 7.57. The Balaban J connectivity index is 2.01. The minimum atomic E-state index is -0.707. The average Bonchev–Trinajstić information content (AvgIpc) is 3.21. The molecule has 150 valence electrons. The van der Waals surface area contributed by atoms with Crippen LogP contribution in [-0.4, -0.2) is 71.5 Å². The molecule has 8 nitrogen and oxygen atoms in total. The lowest BCUT2D eigenvalue weighted by atomic mass is 9.95. The van der Waals surface area contributed by atoms with E-state index in [0.29, 0.717) is 25.9 Å². The molecule has 2 rings (SSSR count). The molecule has 2 aliphatic rings. The van der Waals surface area contributed by atoms with Crippen molar-refractivity contribution in [3.8, 4) is 0 Å². The van der Waals surface area contributed by atoms with Gasteiger partial charge in [0.2, 0.25) is 5.91 Å². The lowest BCUT2D eigenvalue weighted by Gasteiger charge is -2.26. The van der Waals surface area contributed by atoms with E-state index in [4.69, 9.17) is 15.2 Å². The van der Waals surface area contributed by atoms with Crippen LogP contribution in [0.3, 0.4) is 0 Å². The largest absolute Gasteiger partial charge is 0.445 e. The summed E-state index contributed by atoms with van der Waals surface area (Å²) in [6, 6.07) is -0.769. The van der Waals surface area contributed by atoms with Crippen molar-refractivity contribution in [3.63, 3.8) is 0 Å². The smallest absolute Gasteiger partial charge is 0.410 e. The summed E-state index contributed by atoms with van der Waals surface area (Å²) in [6.45, 7) is 8.11.